The lowest BCUT2D eigenvalue weighted by Gasteiger charge is -2.15. The van der Waals surface area contributed by atoms with E-state index < -0.39 is 6.09 Å². The van der Waals surface area contributed by atoms with Crippen LogP contribution in [0.15, 0.2) is 30.3 Å². The Balaban J connectivity index is 2.28. The lowest BCUT2D eigenvalue weighted by atomic mass is 10.1. The summed E-state index contributed by atoms with van der Waals surface area (Å²) in [4.78, 5) is 11.5. The highest BCUT2D eigenvalue weighted by atomic mass is 16.5. The number of rotatable bonds is 7. The third-order valence-electron chi connectivity index (χ3n) is 2.66. The number of aliphatic hydroxyl groups excluding tert-OH is 1. The molecular formula is C14H21NO3. The van der Waals surface area contributed by atoms with Crippen molar-refractivity contribution in [1.29, 1.82) is 0 Å². The molecular weight excluding hydrogens is 230 g/mol. The monoisotopic (exact) mass is 251 g/mol. The zero-order chi connectivity index (χ0) is 13.2. The highest BCUT2D eigenvalue weighted by Gasteiger charge is 2.11. The van der Waals surface area contributed by atoms with E-state index in [1.165, 1.54) is 0 Å². The van der Waals surface area contributed by atoms with Crippen molar-refractivity contribution in [3.8, 4) is 0 Å². The minimum atomic E-state index is -0.478. The zero-order valence-corrected chi connectivity index (χ0v) is 10.8. The molecule has 0 heterocycles. The molecule has 0 aromatic heterocycles. The van der Waals surface area contributed by atoms with Crippen LogP contribution in [0.5, 0.6) is 0 Å². The summed E-state index contributed by atoms with van der Waals surface area (Å²) in [5.41, 5.74) is 0.946. The Morgan fingerprint density at radius 2 is 2.11 bits per heavy atom. The molecule has 1 aromatic carbocycles. The quantitative estimate of drug-likeness (QED) is 0.782. The summed E-state index contributed by atoms with van der Waals surface area (Å²) in [6.45, 7) is 2.27. The van der Waals surface area contributed by atoms with Gasteiger partial charge in [-0.15, -0.1) is 0 Å². The van der Waals surface area contributed by atoms with Crippen LogP contribution >= 0.6 is 0 Å². The molecule has 0 saturated heterocycles. The van der Waals surface area contributed by atoms with E-state index in [1.807, 2.05) is 30.3 Å². The van der Waals surface area contributed by atoms with Gasteiger partial charge in [-0.25, -0.2) is 4.79 Å². The number of hydrogen-bond donors (Lipinski definition) is 2. The standard InChI is InChI=1S/C14H21NO3/c1-2-3-9-13(10-16)15-14(17)18-11-12-7-5-4-6-8-12/h4-8,13,16H,2-3,9-11H2,1H3,(H,15,17)/t13-/m1/s1. The normalized spacial score (nSPS) is 11.9. The molecule has 18 heavy (non-hydrogen) atoms. The third kappa shape index (κ3) is 5.68. The van der Waals surface area contributed by atoms with E-state index in [4.69, 9.17) is 9.84 Å². The van der Waals surface area contributed by atoms with Crippen LogP contribution in [0.25, 0.3) is 0 Å². The first-order valence-electron chi connectivity index (χ1n) is 6.34. The van der Waals surface area contributed by atoms with Gasteiger partial charge in [0.15, 0.2) is 0 Å². The largest absolute Gasteiger partial charge is 0.445 e. The smallest absolute Gasteiger partial charge is 0.407 e. The maximum Gasteiger partial charge on any atom is 0.407 e. The van der Waals surface area contributed by atoms with Crippen LogP contribution in [-0.2, 0) is 11.3 Å². The lowest BCUT2D eigenvalue weighted by molar-refractivity contribution is 0.128. The number of unbranched alkanes of at least 4 members (excludes halogenated alkanes) is 1. The van der Waals surface area contributed by atoms with Gasteiger partial charge in [0, 0.05) is 0 Å². The Kier molecular flexibility index (Phi) is 6.87. The molecule has 100 valence electrons. The van der Waals surface area contributed by atoms with E-state index >= 15 is 0 Å². The van der Waals surface area contributed by atoms with Crippen molar-refractivity contribution in [2.75, 3.05) is 6.61 Å². The maximum absolute atomic E-state index is 11.5. The SMILES string of the molecule is CCCC[C@H](CO)NC(=O)OCc1ccccc1. The predicted octanol–water partition coefficient (Wildman–Crippen LogP) is 2.46. The Hall–Kier alpha value is -1.55. The number of carbonyl (C=O) groups is 1. The van der Waals surface area contributed by atoms with Crippen molar-refractivity contribution < 1.29 is 14.6 Å². The van der Waals surface area contributed by atoms with Crippen molar-refractivity contribution in [2.45, 2.75) is 38.8 Å². The van der Waals surface area contributed by atoms with E-state index in [9.17, 15) is 4.79 Å². The van der Waals surface area contributed by atoms with Gasteiger partial charge in [-0.1, -0.05) is 50.1 Å². The van der Waals surface area contributed by atoms with Crippen LogP contribution in [-0.4, -0.2) is 23.8 Å². The van der Waals surface area contributed by atoms with Crippen LogP contribution in [0.1, 0.15) is 31.7 Å². The number of hydrogen-bond acceptors (Lipinski definition) is 3. The molecule has 0 aliphatic carbocycles. The van der Waals surface area contributed by atoms with Gasteiger partial charge in [0.1, 0.15) is 6.61 Å². The van der Waals surface area contributed by atoms with Gasteiger partial charge in [0.05, 0.1) is 12.6 Å². The Labute approximate surface area is 108 Å². The van der Waals surface area contributed by atoms with Crippen molar-refractivity contribution >= 4 is 6.09 Å². The third-order valence-corrected chi connectivity index (χ3v) is 2.66. The van der Waals surface area contributed by atoms with E-state index in [0.717, 1.165) is 24.8 Å². The molecule has 0 aliphatic rings. The molecule has 0 fully saturated rings. The van der Waals surface area contributed by atoms with Gasteiger partial charge >= 0.3 is 6.09 Å². The molecule has 1 rings (SSSR count). The molecule has 1 amide bonds. The summed E-state index contributed by atoms with van der Waals surface area (Å²) in [5, 5.41) is 11.8. The molecule has 4 nitrogen and oxygen atoms in total. The van der Waals surface area contributed by atoms with Crippen LogP contribution in [0.3, 0.4) is 0 Å². The molecule has 2 N–H and O–H groups in total. The number of carbonyl (C=O) groups excluding carboxylic acids is 1. The minimum Gasteiger partial charge on any atom is -0.445 e. The first kappa shape index (κ1) is 14.5. The number of benzene rings is 1. The number of aliphatic hydroxyl groups is 1. The molecule has 4 heteroatoms. The van der Waals surface area contributed by atoms with Crippen LogP contribution < -0.4 is 5.32 Å². The lowest BCUT2D eigenvalue weighted by Crippen LogP contribution is -2.37. The van der Waals surface area contributed by atoms with E-state index in [-0.39, 0.29) is 19.3 Å². The van der Waals surface area contributed by atoms with Crippen molar-refractivity contribution in [3.05, 3.63) is 35.9 Å². The second-order valence-electron chi connectivity index (χ2n) is 4.23. The Morgan fingerprint density at radius 1 is 1.39 bits per heavy atom. The molecule has 0 bridgehead atoms. The summed E-state index contributed by atoms with van der Waals surface area (Å²) < 4.78 is 5.08. The number of amides is 1. The van der Waals surface area contributed by atoms with Gasteiger partial charge in [0.25, 0.3) is 0 Å². The first-order chi connectivity index (χ1) is 8.76. The van der Waals surface area contributed by atoms with Crippen LogP contribution in [0, 0.1) is 0 Å². The van der Waals surface area contributed by atoms with Gasteiger partial charge in [-0.2, -0.15) is 0 Å². The number of alkyl carbamates (subject to hydrolysis) is 1. The minimum absolute atomic E-state index is 0.0551. The number of ether oxygens (including phenoxy) is 1. The van der Waals surface area contributed by atoms with Crippen LogP contribution in [0.4, 0.5) is 4.79 Å². The molecule has 0 radical (unpaired) electrons. The first-order valence-corrected chi connectivity index (χ1v) is 6.34. The van der Waals surface area contributed by atoms with Crippen LogP contribution in [0.2, 0.25) is 0 Å². The van der Waals surface area contributed by atoms with E-state index in [1.54, 1.807) is 0 Å². The second-order valence-corrected chi connectivity index (χ2v) is 4.23. The number of nitrogens with one attached hydrogen (secondary N) is 1. The Morgan fingerprint density at radius 3 is 2.72 bits per heavy atom. The summed E-state index contributed by atoms with van der Waals surface area (Å²) in [5.74, 6) is 0. The van der Waals surface area contributed by atoms with E-state index in [0.29, 0.717) is 0 Å². The average molecular weight is 251 g/mol. The fourth-order valence-electron chi connectivity index (χ4n) is 1.59. The van der Waals surface area contributed by atoms with Gasteiger partial charge in [-0.05, 0) is 12.0 Å². The van der Waals surface area contributed by atoms with E-state index in [2.05, 4.69) is 12.2 Å². The average Bonchev–Trinajstić information content (AvgIpc) is 2.42. The van der Waals surface area contributed by atoms with Crippen molar-refractivity contribution in [1.82, 2.24) is 5.32 Å². The second kappa shape index (κ2) is 8.53. The highest BCUT2D eigenvalue weighted by molar-refractivity contribution is 5.67. The fraction of sp³-hybridized carbons (Fsp3) is 0.500. The molecule has 0 unspecified atom stereocenters. The summed E-state index contributed by atoms with van der Waals surface area (Å²) in [6, 6.07) is 9.29. The van der Waals surface area contributed by atoms with Crippen molar-refractivity contribution in [3.63, 3.8) is 0 Å². The molecule has 1 aromatic rings. The van der Waals surface area contributed by atoms with Crippen molar-refractivity contribution in [2.24, 2.45) is 0 Å². The fourth-order valence-corrected chi connectivity index (χ4v) is 1.59. The Bertz CT molecular complexity index is 340. The predicted molar refractivity (Wildman–Crippen MR) is 70.2 cm³/mol. The van der Waals surface area contributed by atoms with Gasteiger partial charge in [0.2, 0.25) is 0 Å². The molecule has 1 atom stereocenters. The highest BCUT2D eigenvalue weighted by Crippen LogP contribution is 2.03. The summed E-state index contributed by atoms with van der Waals surface area (Å²) >= 11 is 0. The van der Waals surface area contributed by atoms with Gasteiger partial charge in [-0.3, -0.25) is 0 Å². The zero-order valence-electron chi connectivity index (χ0n) is 10.8. The maximum atomic E-state index is 11.5. The van der Waals surface area contributed by atoms with Gasteiger partial charge < -0.3 is 15.2 Å². The molecule has 0 saturated carbocycles. The summed E-state index contributed by atoms with van der Waals surface area (Å²) in [6.07, 6.45) is 2.31. The summed E-state index contributed by atoms with van der Waals surface area (Å²) in [7, 11) is 0. The molecule has 0 spiro atoms. The molecule has 0 aliphatic heterocycles. The topological polar surface area (TPSA) is 58.6 Å².